The Hall–Kier alpha value is -2.96. The molecule has 1 aromatic heterocycles. The van der Waals surface area contributed by atoms with Crippen LogP contribution in [0.5, 0.6) is 5.75 Å². The van der Waals surface area contributed by atoms with Gasteiger partial charge in [0.05, 0.1) is 6.54 Å². The quantitative estimate of drug-likeness (QED) is 0.731. The molecule has 0 amide bonds. The van der Waals surface area contributed by atoms with Gasteiger partial charge in [-0.2, -0.15) is 13.8 Å². The van der Waals surface area contributed by atoms with Gasteiger partial charge >= 0.3 is 6.61 Å². The van der Waals surface area contributed by atoms with Gasteiger partial charge in [-0.1, -0.05) is 35.0 Å². The van der Waals surface area contributed by atoms with Crippen LogP contribution in [0, 0.1) is 6.92 Å². The zero-order valence-electron chi connectivity index (χ0n) is 12.9. The number of rotatable bonds is 6. The van der Waals surface area contributed by atoms with Crippen LogP contribution in [0.1, 0.15) is 11.5 Å². The number of benzene rings is 2. The first-order valence-electron chi connectivity index (χ1n) is 7.28. The molecule has 2 aromatic carbocycles. The van der Waals surface area contributed by atoms with E-state index in [1.165, 1.54) is 12.1 Å². The van der Waals surface area contributed by atoms with Crippen molar-refractivity contribution in [1.29, 1.82) is 0 Å². The predicted molar refractivity (Wildman–Crippen MR) is 84.9 cm³/mol. The molecule has 0 radical (unpaired) electrons. The average Bonchev–Trinajstić information content (AvgIpc) is 3.03. The first kappa shape index (κ1) is 15.9. The fourth-order valence-electron chi connectivity index (χ4n) is 2.08. The number of alkyl halides is 2. The molecule has 0 aliphatic rings. The molecule has 124 valence electrons. The molecule has 3 rings (SSSR count). The Morgan fingerprint density at radius 1 is 1.08 bits per heavy atom. The van der Waals surface area contributed by atoms with Crippen LogP contribution in [0.3, 0.4) is 0 Å². The zero-order chi connectivity index (χ0) is 16.9. The number of nitrogens with zero attached hydrogens (tertiary/aromatic N) is 2. The Morgan fingerprint density at radius 2 is 1.79 bits per heavy atom. The van der Waals surface area contributed by atoms with E-state index in [2.05, 4.69) is 20.2 Å². The highest BCUT2D eigenvalue weighted by Gasteiger charge is 2.08. The molecule has 0 atom stereocenters. The number of ether oxygens (including phenoxy) is 1. The highest BCUT2D eigenvalue weighted by Crippen LogP contribution is 2.19. The Bertz CT molecular complexity index is 786. The summed E-state index contributed by atoms with van der Waals surface area (Å²) in [5, 5.41) is 7.02. The minimum atomic E-state index is -2.83. The molecule has 0 aliphatic carbocycles. The van der Waals surface area contributed by atoms with E-state index in [4.69, 9.17) is 4.52 Å². The minimum absolute atomic E-state index is 0.106. The van der Waals surface area contributed by atoms with Crippen LogP contribution >= 0.6 is 0 Å². The van der Waals surface area contributed by atoms with E-state index in [9.17, 15) is 8.78 Å². The monoisotopic (exact) mass is 331 g/mol. The summed E-state index contributed by atoms with van der Waals surface area (Å²) in [5.74, 6) is 1.06. The van der Waals surface area contributed by atoms with Crippen LogP contribution in [0.4, 0.5) is 14.5 Å². The van der Waals surface area contributed by atoms with Crippen LogP contribution in [-0.2, 0) is 6.54 Å². The van der Waals surface area contributed by atoms with Gasteiger partial charge in [0.15, 0.2) is 0 Å². The van der Waals surface area contributed by atoms with Gasteiger partial charge in [-0.05, 0) is 31.2 Å². The maximum Gasteiger partial charge on any atom is 0.387 e. The Morgan fingerprint density at radius 3 is 2.46 bits per heavy atom. The third-order valence-electron chi connectivity index (χ3n) is 3.30. The van der Waals surface area contributed by atoms with Gasteiger partial charge < -0.3 is 14.6 Å². The summed E-state index contributed by atoms with van der Waals surface area (Å²) >= 11 is 0. The fraction of sp³-hybridized carbons (Fsp3) is 0.176. The summed E-state index contributed by atoms with van der Waals surface area (Å²) in [6.45, 7) is -0.497. The van der Waals surface area contributed by atoms with E-state index in [-0.39, 0.29) is 5.75 Å². The van der Waals surface area contributed by atoms with Gasteiger partial charge in [0.1, 0.15) is 5.75 Å². The fourth-order valence-corrected chi connectivity index (χ4v) is 2.08. The van der Waals surface area contributed by atoms with Crippen molar-refractivity contribution in [2.24, 2.45) is 0 Å². The molecule has 0 aliphatic heterocycles. The van der Waals surface area contributed by atoms with Crippen LogP contribution in [0.15, 0.2) is 53.1 Å². The highest BCUT2D eigenvalue weighted by molar-refractivity contribution is 5.54. The Balaban J connectivity index is 1.60. The Labute approximate surface area is 137 Å². The number of anilines is 1. The molecule has 7 heteroatoms. The van der Waals surface area contributed by atoms with Crippen LogP contribution < -0.4 is 10.1 Å². The molecule has 3 aromatic rings. The van der Waals surface area contributed by atoms with Crippen LogP contribution in [0.25, 0.3) is 11.4 Å². The van der Waals surface area contributed by atoms with E-state index in [1.807, 2.05) is 31.2 Å². The number of halogens is 2. The maximum atomic E-state index is 12.1. The second-order valence-electron chi connectivity index (χ2n) is 5.13. The average molecular weight is 331 g/mol. The van der Waals surface area contributed by atoms with Crippen molar-refractivity contribution in [3.05, 3.63) is 60.0 Å². The maximum absolute atomic E-state index is 12.1. The topological polar surface area (TPSA) is 60.2 Å². The molecular weight excluding hydrogens is 316 g/mol. The lowest BCUT2D eigenvalue weighted by atomic mass is 10.1. The SMILES string of the molecule is Cc1ccc(-c2noc(CNc3ccc(OC(F)F)cc3)n2)cc1. The molecule has 24 heavy (non-hydrogen) atoms. The van der Waals surface area contributed by atoms with Crippen molar-refractivity contribution in [3.8, 4) is 17.1 Å². The number of hydrogen-bond donors (Lipinski definition) is 1. The van der Waals surface area contributed by atoms with Crippen LogP contribution in [-0.4, -0.2) is 16.8 Å². The molecule has 0 fully saturated rings. The van der Waals surface area contributed by atoms with Crippen molar-refractivity contribution in [1.82, 2.24) is 10.1 Å². The first-order valence-corrected chi connectivity index (χ1v) is 7.28. The molecular formula is C17H15F2N3O2. The third kappa shape index (κ3) is 4.07. The summed E-state index contributed by atoms with van der Waals surface area (Å²) in [4.78, 5) is 4.32. The lowest BCUT2D eigenvalue weighted by molar-refractivity contribution is -0.0498. The Kier molecular flexibility index (Phi) is 4.69. The smallest absolute Gasteiger partial charge is 0.387 e. The molecule has 0 saturated carbocycles. The van der Waals surface area contributed by atoms with Crippen molar-refractivity contribution in [2.75, 3.05) is 5.32 Å². The van der Waals surface area contributed by atoms with E-state index in [0.717, 1.165) is 16.8 Å². The second kappa shape index (κ2) is 7.08. The zero-order valence-corrected chi connectivity index (χ0v) is 12.9. The lowest BCUT2D eigenvalue weighted by Crippen LogP contribution is -2.02. The predicted octanol–water partition coefficient (Wildman–Crippen LogP) is 4.26. The van der Waals surface area contributed by atoms with Gasteiger partial charge in [-0.3, -0.25) is 0 Å². The number of hydrogen-bond acceptors (Lipinski definition) is 5. The number of aryl methyl sites for hydroxylation is 1. The summed E-state index contributed by atoms with van der Waals surface area (Å²) in [5.41, 5.74) is 2.76. The third-order valence-corrected chi connectivity index (χ3v) is 3.30. The summed E-state index contributed by atoms with van der Waals surface area (Å²) in [7, 11) is 0. The van der Waals surface area contributed by atoms with E-state index < -0.39 is 6.61 Å². The highest BCUT2D eigenvalue weighted by atomic mass is 19.3. The van der Waals surface area contributed by atoms with Crippen LogP contribution in [0.2, 0.25) is 0 Å². The molecule has 0 saturated heterocycles. The van der Waals surface area contributed by atoms with E-state index in [1.54, 1.807) is 12.1 Å². The van der Waals surface area contributed by atoms with Gasteiger partial charge in [0, 0.05) is 11.3 Å². The van der Waals surface area contributed by atoms with Crippen molar-refractivity contribution >= 4 is 5.69 Å². The lowest BCUT2D eigenvalue weighted by Gasteiger charge is -2.06. The molecule has 0 spiro atoms. The van der Waals surface area contributed by atoms with Gasteiger partial charge in [-0.15, -0.1) is 0 Å². The summed E-state index contributed by atoms with van der Waals surface area (Å²) in [6, 6.07) is 14.0. The summed E-state index contributed by atoms with van der Waals surface area (Å²) < 4.78 is 33.7. The van der Waals surface area contributed by atoms with Crippen molar-refractivity contribution in [3.63, 3.8) is 0 Å². The van der Waals surface area contributed by atoms with Gasteiger partial charge in [-0.25, -0.2) is 0 Å². The van der Waals surface area contributed by atoms with Crippen molar-refractivity contribution in [2.45, 2.75) is 20.1 Å². The summed E-state index contributed by atoms with van der Waals surface area (Å²) in [6.07, 6.45) is 0. The van der Waals surface area contributed by atoms with E-state index in [0.29, 0.717) is 18.3 Å². The van der Waals surface area contributed by atoms with Gasteiger partial charge in [0.2, 0.25) is 11.7 Å². The van der Waals surface area contributed by atoms with Gasteiger partial charge in [0.25, 0.3) is 0 Å². The van der Waals surface area contributed by atoms with E-state index >= 15 is 0 Å². The molecule has 0 unspecified atom stereocenters. The minimum Gasteiger partial charge on any atom is -0.435 e. The molecule has 5 nitrogen and oxygen atoms in total. The molecule has 1 N–H and O–H groups in total. The van der Waals surface area contributed by atoms with Crippen molar-refractivity contribution < 1.29 is 18.0 Å². The number of nitrogens with one attached hydrogen (secondary N) is 1. The molecule has 0 bridgehead atoms. The molecule has 1 heterocycles. The number of aromatic nitrogens is 2. The first-order chi connectivity index (χ1) is 11.6. The largest absolute Gasteiger partial charge is 0.435 e. The normalized spacial score (nSPS) is 10.8. The second-order valence-corrected chi connectivity index (χ2v) is 5.13. The standard InChI is InChI=1S/C17H15F2N3O2/c1-11-2-4-12(5-3-11)16-21-15(24-22-16)10-20-13-6-8-14(9-7-13)23-17(18)19/h2-9,17,20H,10H2,1H3.